The average Bonchev–Trinajstić information content (AvgIpc) is 2.93. The summed E-state index contributed by atoms with van der Waals surface area (Å²) in [7, 11) is 0. The third kappa shape index (κ3) is 4.24. The van der Waals surface area contributed by atoms with Crippen LogP contribution in [-0.4, -0.2) is 20.5 Å². The van der Waals surface area contributed by atoms with Crippen LogP contribution in [0.3, 0.4) is 0 Å². The molecule has 0 aliphatic rings. The van der Waals surface area contributed by atoms with Gasteiger partial charge in [-0.15, -0.1) is 11.6 Å². The molecule has 0 fully saturated rings. The molecule has 2 rings (SSSR count). The molecular weight excluding hydrogens is 284 g/mol. The fourth-order valence-corrected chi connectivity index (χ4v) is 2.59. The van der Waals surface area contributed by atoms with Gasteiger partial charge in [-0.05, 0) is 44.9 Å². The zero-order valence-electron chi connectivity index (χ0n) is 13.1. The van der Waals surface area contributed by atoms with Crippen LogP contribution in [0.15, 0.2) is 43.0 Å². The van der Waals surface area contributed by atoms with Gasteiger partial charge in [0.15, 0.2) is 0 Å². The van der Waals surface area contributed by atoms with Crippen LogP contribution >= 0.6 is 11.6 Å². The second-order valence-corrected chi connectivity index (χ2v) is 6.72. The fraction of sp³-hybridized carbons (Fsp3) is 0.471. The van der Waals surface area contributed by atoms with Gasteiger partial charge >= 0.3 is 0 Å². The van der Waals surface area contributed by atoms with Crippen molar-refractivity contribution in [2.45, 2.75) is 51.1 Å². The number of halogens is 1. The Bertz CT molecular complexity index is 543. The minimum atomic E-state index is -0.191. The lowest BCUT2D eigenvalue weighted by Gasteiger charge is -2.25. The molecule has 0 saturated heterocycles. The molecule has 21 heavy (non-hydrogen) atoms. The van der Waals surface area contributed by atoms with Crippen LogP contribution < -0.4 is 4.74 Å². The molecule has 0 aliphatic carbocycles. The van der Waals surface area contributed by atoms with Gasteiger partial charge in [-0.2, -0.15) is 0 Å². The minimum absolute atomic E-state index is 0.0218. The highest BCUT2D eigenvalue weighted by molar-refractivity contribution is 6.21. The molecule has 0 spiro atoms. The highest BCUT2D eigenvalue weighted by Crippen LogP contribution is 2.29. The highest BCUT2D eigenvalue weighted by Gasteiger charge is 2.21. The second kappa shape index (κ2) is 6.52. The predicted molar refractivity (Wildman–Crippen MR) is 87.1 cm³/mol. The Morgan fingerprint density at radius 1 is 1.24 bits per heavy atom. The normalized spacial score (nSPS) is 14.7. The number of imidazole rings is 1. The van der Waals surface area contributed by atoms with Crippen molar-refractivity contribution in [2.24, 2.45) is 0 Å². The SMILES string of the molecule is CCC(Cl)C(c1ccc(OC(C)(C)C)cc1)n1ccnc1. The molecule has 0 aliphatic heterocycles. The molecule has 0 radical (unpaired) electrons. The predicted octanol–water partition coefficient (Wildman–Crippen LogP) is 4.67. The zero-order chi connectivity index (χ0) is 15.5. The number of hydrogen-bond acceptors (Lipinski definition) is 2. The van der Waals surface area contributed by atoms with E-state index in [9.17, 15) is 0 Å². The van der Waals surface area contributed by atoms with Crippen LogP contribution in [0.4, 0.5) is 0 Å². The molecule has 114 valence electrons. The maximum absolute atomic E-state index is 6.52. The average molecular weight is 307 g/mol. The Hall–Kier alpha value is -1.48. The molecule has 0 bridgehead atoms. The third-order valence-electron chi connectivity index (χ3n) is 3.22. The Morgan fingerprint density at radius 2 is 1.90 bits per heavy atom. The molecule has 4 heteroatoms. The van der Waals surface area contributed by atoms with E-state index in [4.69, 9.17) is 16.3 Å². The summed E-state index contributed by atoms with van der Waals surface area (Å²) >= 11 is 6.52. The zero-order valence-corrected chi connectivity index (χ0v) is 13.8. The van der Waals surface area contributed by atoms with Gasteiger partial charge in [-0.25, -0.2) is 4.98 Å². The van der Waals surface area contributed by atoms with E-state index in [0.717, 1.165) is 17.7 Å². The lowest BCUT2D eigenvalue weighted by molar-refractivity contribution is 0.131. The summed E-state index contributed by atoms with van der Waals surface area (Å²) in [4.78, 5) is 4.13. The van der Waals surface area contributed by atoms with E-state index in [1.54, 1.807) is 6.20 Å². The summed E-state index contributed by atoms with van der Waals surface area (Å²) in [6.07, 6.45) is 6.44. The van der Waals surface area contributed by atoms with Crippen LogP contribution in [-0.2, 0) is 0 Å². The summed E-state index contributed by atoms with van der Waals surface area (Å²) in [5.41, 5.74) is 0.972. The van der Waals surface area contributed by atoms with Crippen molar-refractivity contribution >= 4 is 11.6 Å². The molecule has 1 heterocycles. The standard InChI is InChI=1S/C17H23ClN2O/c1-5-15(18)16(20-11-10-19-12-20)13-6-8-14(9-7-13)21-17(2,3)4/h6-12,15-16H,5H2,1-4H3. The molecule has 2 atom stereocenters. The summed E-state index contributed by atoms with van der Waals surface area (Å²) in [6, 6.07) is 8.25. The van der Waals surface area contributed by atoms with Crippen LogP contribution in [0.5, 0.6) is 5.75 Å². The summed E-state index contributed by atoms with van der Waals surface area (Å²) in [5, 5.41) is 0.0218. The molecule has 2 aromatic rings. The summed E-state index contributed by atoms with van der Waals surface area (Å²) < 4.78 is 7.92. The van der Waals surface area contributed by atoms with Crippen molar-refractivity contribution in [2.75, 3.05) is 0 Å². The van der Waals surface area contributed by atoms with Crippen molar-refractivity contribution in [1.29, 1.82) is 0 Å². The van der Waals surface area contributed by atoms with Crippen LogP contribution in [0, 0.1) is 0 Å². The first kappa shape index (κ1) is 15.9. The van der Waals surface area contributed by atoms with Crippen LogP contribution in [0.2, 0.25) is 0 Å². The first-order chi connectivity index (χ1) is 9.90. The number of aromatic nitrogens is 2. The van der Waals surface area contributed by atoms with Crippen molar-refractivity contribution in [1.82, 2.24) is 9.55 Å². The van der Waals surface area contributed by atoms with Gasteiger partial charge in [0.05, 0.1) is 17.7 Å². The van der Waals surface area contributed by atoms with Crippen molar-refractivity contribution in [3.05, 3.63) is 48.5 Å². The van der Waals surface area contributed by atoms with Gasteiger partial charge in [0.2, 0.25) is 0 Å². The Kier molecular flexibility index (Phi) is 4.94. The van der Waals surface area contributed by atoms with Crippen LogP contribution in [0.25, 0.3) is 0 Å². The maximum Gasteiger partial charge on any atom is 0.120 e. The fourth-order valence-electron chi connectivity index (χ4n) is 2.31. The van der Waals surface area contributed by atoms with E-state index in [1.807, 2.05) is 45.4 Å². The molecule has 0 N–H and O–H groups in total. The lowest BCUT2D eigenvalue weighted by atomic mass is 10.0. The van der Waals surface area contributed by atoms with Crippen molar-refractivity contribution in [3.63, 3.8) is 0 Å². The smallest absolute Gasteiger partial charge is 0.120 e. The molecule has 0 amide bonds. The molecule has 2 unspecified atom stereocenters. The van der Waals surface area contributed by atoms with E-state index in [-0.39, 0.29) is 17.0 Å². The molecule has 0 saturated carbocycles. The number of ether oxygens (including phenoxy) is 1. The van der Waals surface area contributed by atoms with E-state index < -0.39 is 0 Å². The molecule has 1 aromatic carbocycles. The minimum Gasteiger partial charge on any atom is -0.488 e. The number of benzene rings is 1. The second-order valence-electron chi connectivity index (χ2n) is 6.16. The highest BCUT2D eigenvalue weighted by atomic mass is 35.5. The van der Waals surface area contributed by atoms with Gasteiger partial charge in [0.1, 0.15) is 11.4 Å². The largest absolute Gasteiger partial charge is 0.488 e. The number of rotatable bonds is 5. The van der Waals surface area contributed by atoms with Gasteiger partial charge < -0.3 is 9.30 Å². The quantitative estimate of drug-likeness (QED) is 0.751. The summed E-state index contributed by atoms with van der Waals surface area (Å²) in [6.45, 7) is 8.22. The number of alkyl halides is 1. The first-order valence-electron chi connectivity index (χ1n) is 7.31. The third-order valence-corrected chi connectivity index (χ3v) is 3.77. The van der Waals surface area contributed by atoms with Gasteiger partial charge in [-0.3, -0.25) is 0 Å². The monoisotopic (exact) mass is 306 g/mol. The topological polar surface area (TPSA) is 27.1 Å². The first-order valence-corrected chi connectivity index (χ1v) is 7.75. The van der Waals surface area contributed by atoms with E-state index in [0.29, 0.717) is 0 Å². The molecule has 3 nitrogen and oxygen atoms in total. The van der Waals surface area contributed by atoms with Gasteiger partial charge in [-0.1, -0.05) is 19.1 Å². The Labute approximate surface area is 131 Å². The van der Waals surface area contributed by atoms with E-state index in [1.165, 1.54) is 0 Å². The Morgan fingerprint density at radius 3 is 2.38 bits per heavy atom. The van der Waals surface area contributed by atoms with E-state index in [2.05, 4.69) is 28.6 Å². The number of nitrogens with zero attached hydrogens (tertiary/aromatic N) is 2. The van der Waals surface area contributed by atoms with Crippen molar-refractivity contribution < 1.29 is 4.74 Å². The Balaban J connectivity index is 2.25. The molecular formula is C17H23ClN2O. The summed E-state index contributed by atoms with van der Waals surface area (Å²) in [5.74, 6) is 0.873. The maximum atomic E-state index is 6.52. The molecule has 1 aromatic heterocycles. The van der Waals surface area contributed by atoms with Gasteiger partial charge in [0.25, 0.3) is 0 Å². The van der Waals surface area contributed by atoms with Crippen molar-refractivity contribution in [3.8, 4) is 5.75 Å². The lowest BCUT2D eigenvalue weighted by Crippen LogP contribution is -2.23. The number of hydrogen-bond donors (Lipinski definition) is 0. The van der Waals surface area contributed by atoms with Gasteiger partial charge in [0, 0.05) is 12.4 Å². The van der Waals surface area contributed by atoms with Crippen LogP contribution in [0.1, 0.15) is 45.7 Å². The van der Waals surface area contributed by atoms with E-state index >= 15 is 0 Å².